The van der Waals surface area contributed by atoms with Gasteiger partial charge in [-0.1, -0.05) is 0 Å². The van der Waals surface area contributed by atoms with Crippen LogP contribution in [0.4, 0.5) is 0 Å². The van der Waals surface area contributed by atoms with E-state index in [0.717, 1.165) is 22.4 Å². The van der Waals surface area contributed by atoms with E-state index >= 15 is 0 Å². The number of hydrogen-bond acceptors (Lipinski definition) is 2. The molecule has 1 aromatic carbocycles. The van der Waals surface area contributed by atoms with Crippen LogP contribution in [0.5, 0.6) is 0 Å². The van der Waals surface area contributed by atoms with Gasteiger partial charge in [-0.15, -0.1) is 0 Å². The van der Waals surface area contributed by atoms with Gasteiger partial charge in [0, 0.05) is 5.69 Å². The van der Waals surface area contributed by atoms with Crippen molar-refractivity contribution in [1.82, 2.24) is 14.4 Å². The second kappa shape index (κ2) is 3.85. The van der Waals surface area contributed by atoms with Gasteiger partial charge in [-0.05, 0) is 44.0 Å². The van der Waals surface area contributed by atoms with Gasteiger partial charge in [0.15, 0.2) is 0 Å². The molecule has 0 saturated heterocycles. The smallest absolute Gasteiger partial charge is 0.309 e. The molecule has 0 bridgehead atoms. The Labute approximate surface area is 109 Å². The number of carbonyl (C=O) groups is 1. The number of aromatic nitrogens is 3. The Balaban J connectivity index is 2.39. The molecule has 0 unspecified atom stereocenters. The number of benzene rings is 1. The first-order chi connectivity index (χ1) is 8.97. The van der Waals surface area contributed by atoms with Crippen molar-refractivity contribution in [3.63, 3.8) is 0 Å². The molecule has 2 N–H and O–H groups in total. The number of aryl methyl sites for hydroxylation is 3. The maximum atomic E-state index is 11.0. The highest BCUT2D eigenvalue weighted by atomic mass is 16.4. The predicted molar refractivity (Wildman–Crippen MR) is 72.6 cm³/mol. The minimum atomic E-state index is -0.838. The van der Waals surface area contributed by atoms with Crippen molar-refractivity contribution in [1.29, 1.82) is 0 Å². The molecule has 98 valence electrons. The number of hydrogen-bond donors (Lipinski definition) is 2. The fraction of sp³-hybridized carbons (Fsp3) is 0.286. The second-order valence-electron chi connectivity index (χ2n) is 4.96. The lowest BCUT2D eigenvalue weighted by molar-refractivity contribution is -0.136. The van der Waals surface area contributed by atoms with E-state index in [-0.39, 0.29) is 6.42 Å². The molecule has 0 aliphatic carbocycles. The van der Waals surface area contributed by atoms with Crippen LogP contribution in [-0.4, -0.2) is 25.4 Å². The molecule has 3 rings (SSSR count). The summed E-state index contributed by atoms with van der Waals surface area (Å²) < 4.78 is 1.91. The molecule has 0 radical (unpaired) electrons. The van der Waals surface area contributed by atoms with Gasteiger partial charge in [0.25, 0.3) is 0 Å². The van der Waals surface area contributed by atoms with E-state index in [2.05, 4.69) is 16.0 Å². The minimum absolute atomic E-state index is 0.00970. The second-order valence-corrected chi connectivity index (χ2v) is 4.96. The Morgan fingerprint density at radius 1 is 1.32 bits per heavy atom. The lowest BCUT2D eigenvalue weighted by Gasteiger charge is -2.02. The predicted octanol–water partition coefficient (Wildman–Crippen LogP) is 2.37. The van der Waals surface area contributed by atoms with Gasteiger partial charge in [-0.3, -0.25) is 9.20 Å². The molecular weight excluding hydrogens is 242 g/mol. The van der Waals surface area contributed by atoms with Crippen LogP contribution in [0.1, 0.15) is 22.5 Å². The monoisotopic (exact) mass is 257 g/mol. The molecular formula is C14H15N3O2. The van der Waals surface area contributed by atoms with Gasteiger partial charge in [-0.2, -0.15) is 0 Å². The van der Waals surface area contributed by atoms with E-state index in [1.165, 1.54) is 11.1 Å². The van der Waals surface area contributed by atoms with E-state index in [0.29, 0.717) is 5.78 Å². The summed E-state index contributed by atoms with van der Waals surface area (Å²) in [4.78, 5) is 18.7. The Hall–Kier alpha value is -2.30. The fourth-order valence-corrected chi connectivity index (χ4v) is 2.45. The number of aromatic amines is 1. The lowest BCUT2D eigenvalue weighted by atomic mass is 10.1. The lowest BCUT2D eigenvalue weighted by Crippen LogP contribution is -2.04. The molecule has 2 aromatic heterocycles. The van der Waals surface area contributed by atoms with Crippen molar-refractivity contribution in [2.75, 3.05) is 0 Å². The van der Waals surface area contributed by atoms with Crippen LogP contribution >= 0.6 is 0 Å². The maximum absolute atomic E-state index is 11.0. The average Bonchev–Trinajstić information content (AvgIpc) is 2.77. The summed E-state index contributed by atoms with van der Waals surface area (Å²) in [5.74, 6) is -0.136. The average molecular weight is 257 g/mol. The first-order valence-electron chi connectivity index (χ1n) is 6.16. The van der Waals surface area contributed by atoms with Crippen molar-refractivity contribution in [2.45, 2.75) is 27.2 Å². The van der Waals surface area contributed by atoms with Crippen molar-refractivity contribution >= 4 is 22.8 Å². The largest absolute Gasteiger partial charge is 0.481 e. The van der Waals surface area contributed by atoms with Crippen LogP contribution in [0.25, 0.3) is 16.8 Å². The minimum Gasteiger partial charge on any atom is -0.481 e. The zero-order valence-electron chi connectivity index (χ0n) is 11.1. The summed E-state index contributed by atoms with van der Waals surface area (Å²) in [6.07, 6.45) is -0.00970. The standard InChI is InChI=1S/C14H15N3O2/c1-7-4-10-12(5-8(7)2)17-11(6-13(18)19)9(3)15-14(17)16-10/h4-5H,6H2,1-3H3,(H,15,16)(H,18,19). The Morgan fingerprint density at radius 2 is 2.00 bits per heavy atom. The van der Waals surface area contributed by atoms with Crippen LogP contribution in [0.2, 0.25) is 0 Å². The summed E-state index contributed by atoms with van der Waals surface area (Å²) in [5, 5.41) is 9.03. The van der Waals surface area contributed by atoms with Crippen LogP contribution in [0.15, 0.2) is 12.1 Å². The van der Waals surface area contributed by atoms with E-state index in [9.17, 15) is 4.79 Å². The fourth-order valence-electron chi connectivity index (χ4n) is 2.45. The zero-order valence-corrected chi connectivity index (χ0v) is 11.1. The van der Waals surface area contributed by atoms with Gasteiger partial charge in [-0.25, -0.2) is 4.98 Å². The molecule has 5 nitrogen and oxygen atoms in total. The molecule has 0 saturated carbocycles. The summed E-state index contributed by atoms with van der Waals surface area (Å²) >= 11 is 0. The molecule has 3 aromatic rings. The number of carboxylic acid groups (broad SMARTS) is 1. The van der Waals surface area contributed by atoms with Gasteiger partial charge in [0.05, 0.1) is 23.1 Å². The number of imidazole rings is 2. The van der Waals surface area contributed by atoms with E-state index in [1.54, 1.807) is 0 Å². The quantitative estimate of drug-likeness (QED) is 0.740. The molecule has 5 heteroatoms. The van der Waals surface area contributed by atoms with Gasteiger partial charge >= 0.3 is 5.97 Å². The number of aliphatic carboxylic acids is 1. The Bertz CT molecular complexity index is 811. The molecule has 2 heterocycles. The van der Waals surface area contributed by atoms with E-state index < -0.39 is 5.97 Å². The number of fused-ring (bicyclic) bond motifs is 3. The van der Waals surface area contributed by atoms with E-state index in [1.807, 2.05) is 31.2 Å². The topological polar surface area (TPSA) is 70.4 Å². The zero-order chi connectivity index (χ0) is 13.7. The molecule has 0 atom stereocenters. The number of nitrogens with one attached hydrogen (secondary N) is 1. The molecule has 0 amide bonds. The first kappa shape index (κ1) is 11.8. The molecule has 0 spiro atoms. The highest BCUT2D eigenvalue weighted by Crippen LogP contribution is 2.23. The third-order valence-electron chi connectivity index (χ3n) is 3.59. The van der Waals surface area contributed by atoms with Gasteiger partial charge in [0.1, 0.15) is 0 Å². The SMILES string of the molecule is Cc1cc2nc3[nH]c(C)c(CC(=O)O)n3c2cc1C. The number of nitrogens with zero attached hydrogens (tertiary/aromatic N) is 2. The van der Waals surface area contributed by atoms with Gasteiger partial charge < -0.3 is 10.1 Å². The van der Waals surface area contributed by atoms with Crippen molar-refractivity contribution in [3.8, 4) is 0 Å². The van der Waals surface area contributed by atoms with Crippen LogP contribution in [-0.2, 0) is 11.2 Å². The van der Waals surface area contributed by atoms with Crippen molar-refractivity contribution in [3.05, 3.63) is 34.6 Å². The third-order valence-corrected chi connectivity index (χ3v) is 3.59. The third kappa shape index (κ3) is 1.69. The van der Waals surface area contributed by atoms with Crippen LogP contribution in [0, 0.1) is 20.8 Å². The summed E-state index contributed by atoms with van der Waals surface area (Å²) in [6, 6.07) is 4.09. The molecule has 19 heavy (non-hydrogen) atoms. The molecule has 0 aliphatic heterocycles. The first-order valence-corrected chi connectivity index (χ1v) is 6.16. The summed E-state index contributed by atoms with van der Waals surface area (Å²) in [6.45, 7) is 5.97. The maximum Gasteiger partial charge on any atom is 0.309 e. The molecule has 0 aliphatic rings. The van der Waals surface area contributed by atoms with Crippen molar-refractivity contribution in [2.24, 2.45) is 0 Å². The van der Waals surface area contributed by atoms with Gasteiger partial charge in [0.2, 0.25) is 5.78 Å². The highest BCUT2D eigenvalue weighted by molar-refractivity contribution is 5.83. The van der Waals surface area contributed by atoms with Crippen LogP contribution in [0.3, 0.4) is 0 Å². The highest BCUT2D eigenvalue weighted by Gasteiger charge is 2.16. The summed E-state index contributed by atoms with van der Waals surface area (Å²) in [5.41, 5.74) is 5.82. The number of rotatable bonds is 2. The molecule has 0 fully saturated rings. The summed E-state index contributed by atoms with van der Waals surface area (Å²) in [7, 11) is 0. The Morgan fingerprint density at radius 3 is 2.68 bits per heavy atom. The number of carboxylic acids is 1. The van der Waals surface area contributed by atoms with E-state index in [4.69, 9.17) is 5.11 Å². The van der Waals surface area contributed by atoms with Crippen molar-refractivity contribution < 1.29 is 9.90 Å². The number of H-pyrrole nitrogens is 1. The van der Waals surface area contributed by atoms with Crippen LogP contribution < -0.4 is 0 Å². The normalized spacial score (nSPS) is 11.5. The Kier molecular flexibility index (Phi) is 2.38.